The highest BCUT2D eigenvalue weighted by atomic mass is 35.5. The summed E-state index contributed by atoms with van der Waals surface area (Å²) in [4.78, 5) is 28.7. The van der Waals surface area contributed by atoms with E-state index in [1.165, 1.54) is 18.2 Å². The van der Waals surface area contributed by atoms with Crippen molar-refractivity contribution < 1.29 is 23.5 Å². The highest BCUT2D eigenvalue weighted by Gasteiger charge is 2.41. The Labute approximate surface area is 156 Å². The quantitative estimate of drug-likeness (QED) is 0.752. The van der Waals surface area contributed by atoms with Crippen LogP contribution < -0.4 is 4.74 Å². The smallest absolute Gasteiger partial charge is 0.260 e. The summed E-state index contributed by atoms with van der Waals surface area (Å²) in [5.74, 6) is -0.470. The largest absolute Gasteiger partial charge is 0.484 e. The summed E-state index contributed by atoms with van der Waals surface area (Å²) in [6, 6.07) is 3.98. The van der Waals surface area contributed by atoms with Crippen molar-refractivity contribution >= 4 is 23.4 Å². The van der Waals surface area contributed by atoms with Crippen molar-refractivity contribution in [2.24, 2.45) is 5.92 Å². The van der Waals surface area contributed by atoms with Crippen LogP contribution >= 0.6 is 11.6 Å². The maximum Gasteiger partial charge on any atom is 0.260 e. The number of fused-ring (bicyclic) bond motifs is 4. The number of piperidine rings is 1. The number of hydrogen-bond donors (Lipinski definition) is 0. The Balaban J connectivity index is 1.61. The maximum absolute atomic E-state index is 13.2. The number of halogens is 2. The fourth-order valence-electron chi connectivity index (χ4n) is 3.53. The van der Waals surface area contributed by atoms with Gasteiger partial charge in [-0.1, -0.05) is 11.6 Å². The molecule has 0 N–H and O–H groups in total. The van der Waals surface area contributed by atoms with Crippen LogP contribution in [0, 0.1) is 11.7 Å². The number of carbonyl (C=O) groups excluding carboxylic acids is 2. The number of rotatable bonds is 6. The lowest BCUT2D eigenvalue weighted by Crippen LogP contribution is -2.49. The van der Waals surface area contributed by atoms with Crippen molar-refractivity contribution in [3.8, 4) is 5.75 Å². The third kappa shape index (κ3) is 4.10. The van der Waals surface area contributed by atoms with Crippen LogP contribution in [0.1, 0.15) is 12.8 Å². The van der Waals surface area contributed by atoms with Crippen LogP contribution in [0.5, 0.6) is 5.75 Å². The van der Waals surface area contributed by atoms with Crippen LogP contribution in [0.25, 0.3) is 0 Å². The second-order valence-corrected chi connectivity index (χ2v) is 7.02. The predicted octanol–water partition coefficient (Wildman–Crippen LogP) is 1.95. The van der Waals surface area contributed by atoms with Crippen LogP contribution in [0.4, 0.5) is 4.39 Å². The van der Waals surface area contributed by atoms with Crippen LogP contribution in [0.3, 0.4) is 0 Å². The number of ether oxygens (including phenoxy) is 2. The Morgan fingerprint density at radius 2 is 2.15 bits per heavy atom. The number of methoxy groups -OCH3 is 1. The molecule has 0 saturated carbocycles. The second-order valence-electron chi connectivity index (χ2n) is 6.62. The Morgan fingerprint density at radius 1 is 1.35 bits per heavy atom. The van der Waals surface area contributed by atoms with Crippen molar-refractivity contribution in [1.82, 2.24) is 9.80 Å². The van der Waals surface area contributed by atoms with Gasteiger partial charge in [-0.25, -0.2) is 4.39 Å². The molecule has 3 fully saturated rings. The third-order valence-electron chi connectivity index (χ3n) is 4.94. The standard InChI is InChI=1S/C18H22ClFN2O4/c1-25-7-6-22-13-3-2-12(18(22)24)9-21(10-13)17(23)11-26-14-4-5-16(20)15(19)8-14/h4-5,8,12-13H,2-3,6-7,9-11H2,1H3/t12-,13+/m0/s1. The van der Waals surface area contributed by atoms with E-state index in [2.05, 4.69) is 0 Å². The summed E-state index contributed by atoms with van der Waals surface area (Å²) >= 11 is 5.72. The summed E-state index contributed by atoms with van der Waals surface area (Å²) in [5.41, 5.74) is 0. The molecule has 3 heterocycles. The SMILES string of the molecule is COCCN1C(=O)[C@H]2CC[C@@H]1CN(C(=O)COc1ccc(F)c(Cl)c1)C2. The molecule has 3 aliphatic heterocycles. The van der Waals surface area contributed by atoms with E-state index in [1.54, 1.807) is 12.0 Å². The summed E-state index contributed by atoms with van der Waals surface area (Å²) < 4.78 is 23.7. The molecule has 2 atom stereocenters. The van der Waals surface area contributed by atoms with Gasteiger partial charge < -0.3 is 19.3 Å². The van der Waals surface area contributed by atoms with Crippen molar-refractivity contribution in [1.29, 1.82) is 0 Å². The van der Waals surface area contributed by atoms with Crippen molar-refractivity contribution in [2.45, 2.75) is 18.9 Å². The minimum Gasteiger partial charge on any atom is -0.484 e. The molecule has 4 rings (SSSR count). The lowest BCUT2D eigenvalue weighted by Gasteiger charge is -2.35. The Hall–Kier alpha value is -1.86. The predicted molar refractivity (Wildman–Crippen MR) is 93.6 cm³/mol. The summed E-state index contributed by atoms with van der Waals surface area (Å²) in [7, 11) is 1.61. The summed E-state index contributed by atoms with van der Waals surface area (Å²) in [6.07, 6.45) is 1.68. The van der Waals surface area contributed by atoms with E-state index in [-0.39, 0.29) is 35.4 Å². The molecule has 3 saturated heterocycles. The molecule has 8 heteroatoms. The fraction of sp³-hybridized carbons (Fsp3) is 0.556. The van der Waals surface area contributed by atoms with E-state index in [9.17, 15) is 14.0 Å². The van der Waals surface area contributed by atoms with Crippen LogP contribution in [-0.2, 0) is 14.3 Å². The molecule has 1 aromatic carbocycles. The van der Waals surface area contributed by atoms with Gasteiger partial charge in [-0.05, 0) is 25.0 Å². The zero-order chi connectivity index (χ0) is 18.7. The van der Waals surface area contributed by atoms with Gasteiger partial charge in [0, 0.05) is 38.9 Å². The minimum atomic E-state index is -0.538. The molecule has 0 unspecified atom stereocenters. The normalized spacial score (nSPS) is 22.5. The first kappa shape index (κ1) is 18.9. The third-order valence-corrected chi connectivity index (χ3v) is 5.23. The van der Waals surface area contributed by atoms with Crippen LogP contribution in [0.2, 0.25) is 5.02 Å². The van der Waals surface area contributed by atoms with Crippen molar-refractivity contribution in [3.05, 3.63) is 29.0 Å². The first-order valence-corrected chi connectivity index (χ1v) is 9.02. The van der Waals surface area contributed by atoms with Gasteiger partial charge in [-0.2, -0.15) is 0 Å². The molecule has 0 aromatic heterocycles. The lowest BCUT2D eigenvalue weighted by molar-refractivity contribution is -0.140. The van der Waals surface area contributed by atoms with Gasteiger partial charge in [0.2, 0.25) is 5.91 Å². The van der Waals surface area contributed by atoms with Crippen molar-refractivity contribution in [2.75, 3.05) is 40.0 Å². The van der Waals surface area contributed by atoms with Gasteiger partial charge in [-0.3, -0.25) is 9.59 Å². The highest BCUT2D eigenvalue weighted by Crippen LogP contribution is 2.29. The second kappa shape index (κ2) is 8.22. The van der Waals surface area contributed by atoms with E-state index in [4.69, 9.17) is 21.1 Å². The van der Waals surface area contributed by atoms with E-state index >= 15 is 0 Å². The summed E-state index contributed by atoms with van der Waals surface area (Å²) in [6.45, 7) is 1.76. The zero-order valence-corrected chi connectivity index (χ0v) is 15.4. The van der Waals surface area contributed by atoms with Crippen LogP contribution in [0.15, 0.2) is 18.2 Å². The van der Waals surface area contributed by atoms with Gasteiger partial charge in [0.15, 0.2) is 6.61 Å². The zero-order valence-electron chi connectivity index (χ0n) is 14.6. The first-order chi connectivity index (χ1) is 12.5. The molecule has 0 aliphatic carbocycles. The van der Waals surface area contributed by atoms with Gasteiger partial charge in [-0.15, -0.1) is 0 Å². The molecular weight excluding hydrogens is 363 g/mol. The molecule has 26 heavy (non-hydrogen) atoms. The maximum atomic E-state index is 13.2. The van der Waals surface area contributed by atoms with E-state index in [1.807, 2.05) is 4.90 Å². The molecule has 142 valence electrons. The molecule has 3 aliphatic rings. The Morgan fingerprint density at radius 3 is 2.88 bits per heavy atom. The summed E-state index contributed by atoms with van der Waals surface area (Å²) in [5, 5.41) is -0.0536. The number of amides is 2. The molecule has 2 amide bonds. The van der Waals surface area contributed by atoms with Crippen LogP contribution in [-0.4, -0.2) is 67.6 Å². The molecule has 0 radical (unpaired) electrons. The number of nitrogens with zero attached hydrogens (tertiary/aromatic N) is 2. The Bertz CT molecular complexity index is 687. The van der Waals surface area contributed by atoms with E-state index < -0.39 is 5.82 Å². The van der Waals surface area contributed by atoms with E-state index in [0.717, 1.165) is 12.8 Å². The fourth-order valence-corrected chi connectivity index (χ4v) is 3.70. The molecular formula is C18H22ClFN2O4. The monoisotopic (exact) mass is 384 g/mol. The number of benzene rings is 1. The topological polar surface area (TPSA) is 59.1 Å². The molecule has 2 bridgehead atoms. The van der Waals surface area contributed by atoms with Gasteiger partial charge in [0.1, 0.15) is 11.6 Å². The molecule has 1 aromatic rings. The minimum absolute atomic E-state index is 0.0145. The first-order valence-electron chi connectivity index (χ1n) is 8.64. The molecule has 0 spiro atoms. The number of carbonyl (C=O) groups is 2. The Kier molecular flexibility index (Phi) is 5.98. The van der Waals surface area contributed by atoms with Gasteiger partial charge in [0.05, 0.1) is 17.5 Å². The van der Waals surface area contributed by atoms with Gasteiger partial charge in [0.25, 0.3) is 5.91 Å². The average molecular weight is 385 g/mol. The highest BCUT2D eigenvalue weighted by molar-refractivity contribution is 6.30. The van der Waals surface area contributed by atoms with Gasteiger partial charge >= 0.3 is 0 Å². The lowest BCUT2D eigenvalue weighted by atomic mass is 9.94. The van der Waals surface area contributed by atoms with E-state index in [0.29, 0.717) is 32.0 Å². The number of hydrogen-bond acceptors (Lipinski definition) is 4. The van der Waals surface area contributed by atoms with Crippen molar-refractivity contribution in [3.63, 3.8) is 0 Å². The average Bonchev–Trinajstić information content (AvgIpc) is 2.92. The molecule has 6 nitrogen and oxygen atoms in total.